The van der Waals surface area contributed by atoms with Crippen LogP contribution in [0.15, 0.2) is 78.2 Å². The fourth-order valence-corrected chi connectivity index (χ4v) is 6.99. The number of nitrogens with one attached hydrogen (secondary N) is 1. The molecule has 7 rings (SSSR count). The Kier molecular flexibility index (Phi) is 8.72. The molecule has 0 amide bonds. The van der Waals surface area contributed by atoms with Gasteiger partial charge >= 0.3 is 5.97 Å². The van der Waals surface area contributed by atoms with Crippen molar-refractivity contribution in [2.45, 2.75) is 45.2 Å². The van der Waals surface area contributed by atoms with E-state index in [1.807, 2.05) is 18.2 Å². The third-order valence-corrected chi connectivity index (χ3v) is 9.74. The SMILES string of the molecule is C=CCn1c(=O)c2cnc(Nc3ccc(N4CCN(Cc5ccc(C(=O)O)cc5Cl)CC4)cc3)nc2n1-c1ccc2c(n1)C(CC)CC2. The van der Waals surface area contributed by atoms with E-state index in [0.717, 1.165) is 68.1 Å². The van der Waals surface area contributed by atoms with Crippen molar-refractivity contribution in [3.63, 3.8) is 0 Å². The second-order valence-electron chi connectivity index (χ2n) is 12.3. The molecule has 1 fully saturated rings. The van der Waals surface area contributed by atoms with Crippen LogP contribution in [0.2, 0.25) is 5.02 Å². The van der Waals surface area contributed by atoms with Gasteiger partial charge in [-0.2, -0.15) is 4.98 Å². The number of aromatic carboxylic acids is 1. The van der Waals surface area contributed by atoms with Gasteiger partial charge in [-0.1, -0.05) is 36.7 Å². The van der Waals surface area contributed by atoms with E-state index in [9.17, 15) is 14.7 Å². The van der Waals surface area contributed by atoms with Crippen LogP contribution >= 0.6 is 11.6 Å². The summed E-state index contributed by atoms with van der Waals surface area (Å²) >= 11 is 6.37. The van der Waals surface area contributed by atoms with Gasteiger partial charge in [0.1, 0.15) is 5.39 Å². The number of rotatable bonds is 10. The van der Waals surface area contributed by atoms with Gasteiger partial charge < -0.3 is 15.3 Å². The molecule has 48 heavy (non-hydrogen) atoms. The third-order valence-electron chi connectivity index (χ3n) is 9.39. The third kappa shape index (κ3) is 6.07. The quantitative estimate of drug-likeness (QED) is 0.173. The van der Waals surface area contributed by atoms with E-state index in [-0.39, 0.29) is 11.1 Å². The van der Waals surface area contributed by atoms with Gasteiger partial charge in [-0.25, -0.2) is 24.1 Å². The fraction of sp³-hybridized carbons (Fsp3) is 0.306. The van der Waals surface area contributed by atoms with E-state index < -0.39 is 5.97 Å². The number of piperazine rings is 1. The van der Waals surface area contributed by atoms with Crippen LogP contribution in [0.1, 0.15) is 52.9 Å². The Bertz CT molecular complexity index is 2060. The number of pyridine rings is 1. The lowest BCUT2D eigenvalue weighted by Gasteiger charge is -2.36. The highest BCUT2D eigenvalue weighted by molar-refractivity contribution is 6.31. The molecule has 12 heteroatoms. The Hall–Kier alpha value is -5.00. The Balaban J connectivity index is 1.06. The maximum Gasteiger partial charge on any atom is 0.335 e. The predicted molar refractivity (Wildman–Crippen MR) is 188 cm³/mol. The lowest BCUT2D eigenvalue weighted by atomic mass is 10.0. The molecular formula is C36H37ClN8O3. The average molecular weight is 665 g/mol. The first kappa shape index (κ1) is 31.6. The number of fused-ring (bicyclic) bond motifs is 2. The number of nitrogens with zero attached hydrogens (tertiary/aromatic N) is 7. The van der Waals surface area contributed by atoms with E-state index >= 15 is 0 Å². The Labute approximate surface area is 283 Å². The van der Waals surface area contributed by atoms with Crippen molar-refractivity contribution in [2.75, 3.05) is 36.4 Å². The largest absolute Gasteiger partial charge is 0.478 e. The second-order valence-corrected chi connectivity index (χ2v) is 12.7. The number of aryl methyl sites for hydroxylation is 1. The van der Waals surface area contributed by atoms with Crippen molar-refractivity contribution < 1.29 is 9.90 Å². The molecule has 1 atom stereocenters. The summed E-state index contributed by atoms with van der Waals surface area (Å²) in [5.74, 6) is 0.487. The van der Waals surface area contributed by atoms with Crippen molar-refractivity contribution in [1.82, 2.24) is 29.2 Å². The van der Waals surface area contributed by atoms with Gasteiger partial charge in [-0.3, -0.25) is 9.69 Å². The van der Waals surface area contributed by atoms with Crippen molar-refractivity contribution >= 4 is 45.9 Å². The summed E-state index contributed by atoms with van der Waals surface area (Å²) in [6, 6.07) is 17.2. The zero-order valence-electron chi connectivity index (χ0n) is 26.8. The Morgan fingerprint density at radius 1 is 1.08 bits per heavy atom. The average Bonchev–Trinajstić information content (AvgIpc) is 3.63. The number of carbonyl (C=O) groups is 1. The molecule has 246 valence electrons. The van der Waals surface area contributed by atoms with Crippen LogP contribution in [-0.4, -0.2) is 66.5 Å². The van der Waals surface area contributed by atoms with Crippen molar-refractivity contribution in [3.8, 4) is 5.82 Å². The van der Waals surface area contributed by atoms with Crippen molar-refractivity contribution in [3.05, 3.63) is 111 Å². The maximum absolute atomic E-state index is 13.4. The molecule has 3 aromatic heterocycles. The Morgan fingerprint density at radius 3 is 2.58 bits per heavy atom. The van der Waals surface area contributed by atoms with Crippen LogP contribution in [0.5, 0.6) is 0 Å². The summed E-state index contributed by atoms with van der Waals surface area (Å²) in [5, 5.41) is 13.4. The number of benzene rings is 2. The summed E-state index contributed by atoms with van der Waals surface area (Å²) in [5.41, 5.74) is 5.76. The van der Waals surface area contributed by atoms with Crippen LogP contribution in [0.25, 0.3) is 16.9 Å². The molecule has 2 aliphatic rings. The first-order valence-corrected chi connectivity index (χ1v) is 16.7. The molecule has 0 spiro atoms. The molecule has 1 saturated heterocycles. The van der Waals surface area contributed by atoms with Crippen LogP contribution in [0.3, 0.4) is 0 Å². The summed E-state index contributed by atoms with van der Waals surface area (Å²) in [7, 11) is 0. The van der Waals surface area contributed by atoms with E-state index in [1.54, 1.807) is 33.8 Å². The first-order valence-electron chi connectivity index (χ1n) is 16.3. The van der Waals surface area contributed by atoms with Gasteiger partial charge in [-0.05, 0) is 72.9 Å². The predicted octanol–water partition coefficient (Wildman–Crippen LogP) is 6.02. The molecule has 2 aromatic carbocycles. The smallest absolute Gasteiger partial charge is 0.335 e. The zero-order chi connectivity index (χ0) is 33.4. The first-order chi connectivity index (χ1) is 23.3. The highest BCUT2D eigenvalue weighted by atomic mass is 35.5. The number of aromatic nitrogens is 5. The molecule has 0 radical (unpaired) electrons. The van der Waals surface area contributed by atoms with Gasteiger partial charge in [0.2, 0.25) is 5.95 Å². The normalized spacial score (nSPS) is 16.3. The second kappa shape index (κ2) is 13.2. The zero-order valence-corrected chi connectivity index (χ0v) is 27.5. The highest BCUT2D eigenvalue weighted by Crippen LogP contribution is 2.34. The number of carboxylic acids is 1. The van der Waals surface area contributed by atoms with E-state index in [4.69, 9.17) is 21.6 Å². The van der Waals surface area contributed by atoms with Crippen LogP contribution in [0, 0.1) is 0 Å². The molecule has 0 saturated carbocycles. The molecule has 4 heterocycles. The van der Waals surface area contributed by atoms with Gasteiger partial charge in [0.05, 0.1) is 12.1 Å². The van der Waals surface area contributed by atoms with Crippen molar-refractivity contribution in [1.29, 1.82) is 0 Å². The molecule has 1 aliphatic heterocycles. The highest BCUT2D eigenvalue weighted by Gasteiger charge is 2.25. The number of hydrogen-bond acceptors (Lipinski definition) is 8. The van der Waals surface area contributed by atoms with Gasteiger partial charge in [0.15, 0.2) is 11.5 Å². The molecule has 1 unspecified atom stereocenters. The molecular weight excluding hydrogens is 628 g/mol. The number of carboxylic acid groups (broad SMARTS) is 1. The van der Waals surface area contributed by atoms with Crippen molar-refractivity contribution in [2.24, 2.45) is 0 Å². The lowest BCUT2D eigenvalue weighted by molar-refractivity contribution is 0.0697. The standard InChI is InChI=1S/C36H37ClN8O3/c1-3-15-44-34(46)29-21-38-36(41-33(29)45(44)31-14-9-24-6-5-23(4-2)32(24)40-31)39-27-10-12-28(13-11-27)43-18-16-42(17-19-43)22-26-8-7-25(35(47)48)20-30(26)37/h3,7-14,20-21,23H,1,4-6,15-19,22H2,2H3,(H,47,48)(H,38,39,41). The molecule has 11 nitrogen and oxygen atoms in total. The molecule has 5 aromatic rings. The van der Waals surface area contributed by atoms with Crippen LogP contribution in [0.4, 0.5) is 17.3 Å². The minimum atomic E-state index is -0.982. The fourth-order valence-electron chi connectivity index (χ4n) is 6.75. The summed E-state index contributed by atoms with van der Waals surface area (Å²) in [6.07, 6.45) is 6.43. The van der Waals surface area contributed by atoms with Crippen LogP contribution < -0.4 is 15.8 Å². The topological polar surface area (TPSA) is 121 Å². The summed E-state index contributed by atoms with van der Waals surface area (Å²) in [4.78, 5) is 43.6. The molecule has 2 N–H and O–H groups in total. The van der Waals surface area contributed by atoms with Gasteiger partial charge in [0.25, 0.3) is 5.56 Å². The number of hydrogen-bond donors (Lipinski definition) is 2. The minimum Gasteiger partial charge on any atom is -0.478 e. The van der Waals surface area contributed by atoms with Gasteiger partial charge in [-0.15, -0.1) is 6.58 Å². The molecule has 1 aliphatic carbocycles. The number of halogens is 1. The lowest BCUT2D eigenvalue weighted by Crippen LogP contribution is -2.46. The van der Waals surface area contributed by atoms with E-state index in [0.29, 0.717) is 46.8 Å². The monoisotopic (exact) mass is 664 g/mol. The minimum absolute atomic E-state index is 0.186. The van der Waals surface area contributed by atoms with E-state index in [2.05, 4.69) is 51.8 Å². The molecule has 0 bridgehead atoms. The Morgan fingerprint density at radius 2 is 1.88 bits per heavy atom. The van der Waals surface area contributed by atoms with E-state index in [1.165, 1.54) is 11.6 Å². The van der Waals surface area contributed by atoms with Gasteiger partial charge in [0, 0.05) is 66.9 Å². The number of anilines is 3. The number of allylic oxidation sites excluding steroid dienone is 1. The summed E-state index contributed by atoms with van der Waals surface area (Å²) < 4.78 is 3.40. The van der Waals surface area contributed by atoms with Crippen LogP contribution in [-0.2, 0) is 19.5 Å². The maximum atomic E-state index is 13.4. The summed E-state index contributed by atoms with van der Waals surface area (Å²) in [6.45, 7) is 10.5.